The Morgan fingerprint density at radius 3 is 1.31 bits per heavy atom. The monoisotopic (exact) mass is 562 g/mol. The van der Waals surface area contributed by atoms with Crippen LogP contribution in [0.4, 0.5) is 0 Å². The number of carboxylic acid groups (broad SMARTS) is 1. The lowest BCUT2D eigenvalue weighted by Gasteiger charge is -2.09. The number of terminal acetylenes is 1. The van der Waals surface area contributed by atoms with Gasteiger partial charge in [-0.25, -0.2) is 0 Å². The third kappa shape index (κ3) is 31.8. The van der Waals surface area contributed by atoms with E-state index in [1.54, 1.807) is 0 Å². The minimum absolute atomic E-state index is 0.0168. The summed E-state index contributed by atoms with van der Waals surface area (Å²) in [7, 11) is 0. The van der Waals surface area contributed by atoms with Crippen molar-refractivity contribution in [3.05, 3.63) is 0 Å². The van der Waals surface area contributed by atoms with Crippen LogP contribution in [0.5, 0.6) is 0 Å². The molecule has 0 rings (SSSR count). The van der Waals surface area contributed by atoms with Gasteiger partial charge in [0.25, 0.3) is 0 Å². The van der Waals surface area contributed by atoms with E-state index in [0.717, 1.165) is 0 Å². The highest BCUT2D eigenvalue weighted by Gasteiger charge is 2.02. The number of amides is 2. The molecule has 0 spiro atoms. The van der Waals surface area contributed by atoms with Gasteiger partial charge in [0.1, 0.15) is 0 Å². The second-order valence-corrected chi connectivity index (χ2v) is 7.94. The van der Waals surface area contributed by atoms with E-state index in [2.05, 4.69) is 16.6 Å². The first-order valence-corrected chi connectivity index (χ1v) is 13.3. The average Bonchev–Trinajstić information content (AvgIpc) is 2.91. The summed E-state index contributed by atoms with van der Waals surface area (Å²) in [4.78, 5) is 33.5. The predicted molar refractivity (Wildman–Crippen MR) is 141 cm³/mol. The highest BCUT2D eigenvalue weighted by molar-refractivity contribution is 5.76. The number of nitrogens with one attached hydrogen (secondary N) is 2. The molecule has 0 aromatic heterocycles. The third-order valence-electron chi connectivity index (χ3n) is 4.66. The molecule has 3 N–H and O–H groups in total. The Balaban J connectivity index is 3.21. The Hall–Kier alpha value is -2.31. The van der Waals surface area contributed by atoms with Gasteiger partial charge in [0.2, 0.25) is 11.8 Å². The van der Waals surface area contributed by atoms with E-state index in [9.17, 15) is 14.4 Å². The Kier molecular flexibility index (Phi) is 28.4. The van der Waals surface area contributed by atoms with Crippen LogP contribution in [-0.4, -0.2) is 128 Å². The summed E-state index contributed by atoms with van der Waals surface area (Å²) in [5.74, 6) is 1.47. The van der Waals surface area contributed by atoms with E-state index in [0.29, 0.717) is 118 Å². The zero-order chi connectivity index (χ0) is 28.7. The van der Waals surface area contributed by atoms with Gasteiger partial charge >= 0.3 is 5.97 Å². The summed E-state index contributed by atoms with van der Waals surface area (Å²) in [5, 5.41) is 14.0. The van der Waals surface area contributed by atoms with Gasteiger partial charge < -0.3 is 48.9 Å². The maximum absolute atomic E-state index is 11.8. The van der Waals surface area contributed by atoms with Crippen LogP contribution in [0.3, 0.4) is 0 Å². The van der Waals surface area contributed by atoms with Gasteiger partial charge in [0.15, 0.2) is 0 Å². The van der Waals surface area contributed by atoms with Crippen molar-refractivity contribution in [2.45, 2.75) is 32.1 Å². The first-order valence-electron chi connectivity index (χ1n) is 13.3. The van der Waals surface area contributed by atoms with Gasteiger partial charge in [-0.15, -0.1) is 12.3 Å². The molecule has 2 amide bonds. The molecule has 0 saturated heterocycles. The summed E-state index contributed by atoms with van der Waals surface area (Å²) in [6.07, 6.45) is 7.10. The van der Waals surface area contributed by atoms with Crippen LogP contribution in [0.1, 0.15) is 32.1 Å². The zero-order valence-corrected chi connectivity index (χ0v) is 23.0. The molecule has 13 heteroatoms. The van der Waals surface area contributed by atoms with Crippen molar-refractivity contribution in [1.29, 1.82) is 0 Å². The standard InChI is InChI=1S/C26H46N2O11/c1-2-3-4-5-24(29)27-8-12-35-16-20-37-18-14-33-10-6-25(30)28-9-13-36-17-21-39-23-22-38-19-15-34-11-7-26(31)32/h1H,3-23H2,(H,27,29)(H,28,30)(H,31,32). The van der Waals surface area contributed by atoms with Crippen LogP contribution >= 0.6 is 0 Å². The Bertz CT molecular complexity index is 644. The molecule has 226 valence electrons. The molecule has 0 aliphatic carbocycles. The molecule has 39 heavy (non-hydrogen) atoms. The fraction of sp³-hybridized carbons (Fsp3) is 0.808. The molecule has 0 aromatic rings. The molecule has 0 saturated carbocycles. The first-order chi connectivity index (χ1) is 19.1. The summed E-state index contributed by atoms with van der Waals surface area (Å²) < 4.78 is 37.3. The Morgan fingerprint density at radius 1 is 0.538 bits per heavy atom. The number of ether oxygens (including phenoxy) is 7. The molecule has 0 atom stereocenters. The number of hydrogen-bond donors (Lipinski definition) is 3. The molecule has 13 nitrogen and oxygen atoms in total. The number of aliphatic carboxylic acids is 1. The van der Waals surface area contributed by atoms with Crippen molar-refractivity contribution in [1.82, 2.24) is 10.6 Å². The van der Waals surface area contributed by atoms with Gasteiger partial charge in [0, 0.05) is 32.4 Å². The summed E-state index contributed by atoms with van der Waals surface area (Å²) in [6.45, 7) is 6.17. The molecule has 0 radical (unpaired) electrons. The molecule has 0 heterocycles. The van der Waals surface area contributed by atoms with E-state index >= 15 is 0 Å². The van der Waals surface area contributed by atoms with Crippen molar-refractivity contribution >= 4 is 17.8 Å². The minimum atomic E-state index is -0.887. The number of carboxylic acids is 1. The molecule has 0 aliphatic rings. The number of hydrogen-bond acceptors (Lipinski definition) is 10. The lowest BCUT2D eigenvalue weighted by Crippen LogP contribution is -2.28. The lowest BCUT2D eigenvalue weighted by molar-refractivity contribution is -0.138. The second kappa shape index (κ2) is 30.2. The van der Waals surface area contributed by atoms with Gasteiger partial charge in [-0.2, -0.15) is 0 Å². The van der Waals surface area contributed by atoms with Crippen molar-refractivity contribution in [3.63, 3.8) is 0 Å². The van der Waals surface area contributed by atoms with Gasteiger partial charge in [0.05, 0.1) is 98.9 Å². The van der Waals surface area contributed by atoms with Gasteiger partial charge in [-0.05, 0) is 6.42 Å². The SMILES string of the molecule is C#CCCCC(=O)NCCOCCOCCOCCC(=O)NCCOCCOCCOCCOCCC(=O)O. The summed E-state index contributed by atoms with van der Waals surface area (Å²) >= 11 is 0. The second-order valence-electron chi connectivity index (χ2n) is 7.94. The number of carbonyl (C=O) groups excluding carboxylic acids is 2. The number of rotatable bonds is 30. The van der Waals surface area contributed by atoms with E-state index in [1.807, 2.05) is 0 Å². The number of carbonyl (C=O) groups is 3. The molecule has 0 aromatic carbocycles. The molecule has 0 bridgehead atoms. The van der Waals surface area contributed by atoms with E-state index in [1.165, 1.54) is 0 Å². The Labute approximate surface area is 231 Å². The van der Waals surface area contributed by atoms with E-state index in [-0.39, 0.29) is 31.3 Å². The Morgan fingerprint density at radius 2 is 0.897 bits per heavy atom. The fourth-order valence-electron chi connectivity index (χ4n) is 2.68. The first kappa shape index (κ1) is 36.7. The van der Waals surface area contributed by atoms with Crippen LogP contribution in [0.2, 0.25) is 0 Å². The van der Waals surface area contributed by atoms with Crippen LogP contribution in [0.25, 0.3) is 0 Å². The quantitative estimate of drug-likeness (QED) is 0.0799. The highest BCUT2D eigenvalue weighted by atomic mass is 16.6. The van der Waals surface area contributed by atoms with Gasteiger partial charge in [-0.1, -0.05) is 0 Å². The van der Waals surface area contributed by atoms with E-state index < -0.39 is 5.97 Å². The summed E-state index contributed by atoms with van der Waals surface area (Å²) in [5.41, 5.74) is 0. The van der Waals surface area contributed by atoms with Crippen LogP contribution in [0.15, 0.2) is 0 Å². The van der Waals surface area contributed by atoms with Crippen LogP contribution in [0, 0.1) is 12.3 Å². The summed E-state index contributed by atoms with van der Waals surface area (Å²) in [6, 6.07) is 0. The van der Waals surface area contributed by atoms with Crippen LogP contribution < -0.4 is 10.6 Å². The molecule has 0 unspecified atom stereocenters. The average molecular weight is 563 g/mol. The van der Waals surface area contributed by atoms with Crippen molar-refractivity contribution < 1.29 is 52.6 Å². The molecular formula is C26H46N2O11. The third-order valence-corrected chi connectivity index (χ3v) is 4.66. The van der Waals surface area contributed by atoms with Crippen molar-refractivity contribution in [2.24, 2.45) is 0 Å². The zero-order valence-electron chi connectivity index (χ0n) is 23.0. The van der Waals surface area contributed by atoms with Crippen molar-refractivity contribution in [3.8, 4) is 12.3 Å². The molecular weight excluding hydrogens is 516 g/mol. The van der Waals surface area contributed by atoms with Gasteiger partial charge in [-0.3, -0.25) is 14.4 Å². The normalized spacial score (nSPS) is 10.7. The van der Waals surface area contributed by atoms with Crippen molar-refractivity contribution in [2.75, 3.05) is 106 Å². The smallest absolute Gasteiger partial charge is 0.305 e. The number of unbranched alkanes of at least 4 members (excludes halogenated alkanes) is 1. The maximum Gasteiger partial charge on any atom is 0.305 e. The largest absolute Gasteiger partial charge is 0.481 e. The molecule has 0 fully saturated rings. The highest BCUT2D eigenvalue weighted by Crippen LogP contribution is 1.93. The predicted octanol–water partition coefficient (Wildman–Crippen LogP) is 0.00330. The molecule has 0 aliphatic heterocycles. The lowest BCUT2D eigenvalue weighted by atomic mass is 10.2. The minimum Gasteiger partial charge on any atom is -0.481 e. The fourth-order valence-corrected chi connectivity index (χ4v) is 2.68. The van der Waals surface area contributed by atoms with E-state index in [4.69, 9.17) is 44.7 Å². The topological polar surface area (TPSA) is 160 Å². The maximum atomic E-state index is 11.8. The van der Waals surface area contributed by atoms with Crippen LogP contribution in [-0.2, 0) is 47.5 Å².